The van der Waals surface area contributed by atoms with Crippen LogP contribution in [0.3, 0.4) is 0 Å². The van der Waals surface area contributed by atoms with E-state index in [9.17, 15) is 4.79 Å². The molecule has 0 bridgehead atoms. The van der Waals surface area contributed by atoms with Crippen LogP contribution in [0.5, 0.6) is 0 Å². The van der Waals surface area contributed by atoms with Crippen molar-refractivity contribution in [3.63, 3.8) is 0 Å². The van der Waals surface area contributed by atoms with E-state index in [1.54, 1.807) is 6.92 Å². The third-order valence-corrected chi connectivity index (χ3v) is 3.22. The lowest BCUT2D eigenvalue weighted by Crippen LogP contribution is -2.34. The van der Waals surface area contributed by atoms with Gasteiger partial charge in [-0.05, 0) is 20.3 Å². The van der Waals surface area contributed by atoms with E-state index in [2.05, 4.69) is 14.9 Å². The minimum absolute atomic E-state index is 0.159. The normalized spacial score (nSPS) is 16.6. The van der Waals surface area contributed by atoms with Crippen LogP contribution >= 0.6 is 0 Å². The molecule has 1 aliphatic heterocycles. The number of aryl methyl sites for hydroxylation is 2. The third kappa shape index (κ3) is 2.97. The molecule has 1 aromatic rings. The number of carbonyl (C=O) groups excluding carboxylic acids is 1. The van der Waals surface area contributed by atoms with Crippen LogP contribution in [0.1, 0.15) is 24.9 Å². The van der Waals surface area contributed by atoms with E-state index in [0.29, 0.717) is 0 Å². The molecule has 0 saturated carbocycles. The van der Waals surface area contributed by atoms with Gasteiger partial charge in [-0.1, -0.05) is 0 Å². The fourth-order valence-corrected chi connectivity index (χ4v) is 2.32. The topological polar surface area (TPSA) is 49.3 Å². The van der Waals surface area contributed by atoms with Crippen molar-refractivity contribution in [2.45, 2.75) is 27.2 Å². The van der Waals surface area contributed by atoms with Crippen LogP contribution in [-0.2, 0) is 4.79 Å². The first-order valence-electron chi connectivity index (χ1n) is 6.39. The zero-order valence-corrected chi connectivity index (χ0v) is 11.3. The SMILES string of the molecule is CC(=O)N1CCCN(c2cc(C)nc(C)n2)CC1. The van der Waals surface area contributed by atoms with Gasteiger partial charge in [0.05, 0.1) is 0 Å². The molecule has 98 valence electrons. The summed E-state index contributed by atoms with van der Waals surface area (Å²) in [6, 6.07) is 2.01. The lowest BCUT2D eigenvalue weighted by molar-refractivity contribution is -0.128. The van der Waals surface area contributed by atoms with Gasteiger partial charge in [0.25, 0.3) is 0 Å². The van der Waals surface area contributed by atoms with Gasteiger partial charge in [0, 0.05) is 44.9 Å². The Labute approximate surface area is 108 Å². The van der Waals surface area contributed by atoms with E-state index in [1.165, 1.54) is 0 Å². The summed E-state index contributed by atoms with van der Waals surface area (Å²) < 4.78 is 0. The van der Waals surface area contributed by atoms with Crippen LogP contribution in [0.15, 0.2) is 6.07 Å². The highest BCUT2D eigenvalue weighted by Crippen LogP contribution is 2.15. The molecule has 1 aliphatic rings. The number of anilines is 1. The first-order chi connectivity index (χ1) is 8.56. The zero-order chi connectivity index (χ0) is 13.1. The van der Waals surface area contributed by atoms with Crippen molar-refractivity contribution in [1.29, 1.82) is 0 Å². The number of rotatable bonds is 1. The molecular weight excluding hydrogens is 228 g/mol. The fourth-order valence-electron chi connectivity index (χ4n) is 2.32. The van der Waals surface area contributed by atoms with E-state index in [-0.39, 0.29) is 5.91 Å². The van der Waals surface area contributed by atoms with Crippen LogP contribution in [0.25, 0.3) is 0 Å². The Morgan fingerprint density at radius 3 is 2.61 bits per heavy atom. The quantitative estimate of drug-likeness (QED) is 0.748. The van der Waals surface area contributed by atoms with Gasteiger partial charge in [-0.15, -0.1) is 0 Å². The summed E-state index contributed by atoms with van der Waals surface area (Å²) in [5.41, 5.74) is 0.991. The Hall–Kier alpha value is -1.65. The Balaban J connectivity index is 2.12. The van der Waals surface area contributed by atoms with Gasteiger partial charge < -0.3 is 9.80 Å². The molecule has 0 aliphatic carbocycles. The van der Waals surface area contributed by atoms with E-state index < -0.39 is 0 Å². The summed E-state index contributed by atoms with van der Waals surface area (Å²) in [6.07, 6.45) is 0.988. The first-order valence-corrected chi connectivity index (χ1v) is 6.39. The summed E-state index contributed by atoms with van der Waals surface area (Å²) >= 11 is 0. The predicted octanol–water partition coefficient (Wildman–Crippen LogP) is 1.15. The molecule has 0 radical (unpaired) electrons. The summed E-state index contributed by atoms with van der Waals surface area (Å²) in [4.78, 5) is 24.3. The molecule has 1 amide bonds. The lowest BCUT2D eigenvalue weighted by Gasteiger charge is -2.22. The summed E-state index contributed by atoms with van der Waals surface area (Å²) in [7, 11) is 0. The van der Waals surface area contributed by atoms with E-state index in [4.69, 9.17) is 0 Å². The minimum atomic E-state index is 0.159. The number of hydrogen-bond acceptors (Lipinski definition) is 4. The fraction of sp³-hybridized carbons (Fsp3) is 0.615. The maximum Gasteiger partial charge on any atom is 0.219 e. The molecule has 0 unspecified atom stereocenters. The highest BCUT2D eigenvalue weighted by Gasteiger charge is 2.17. The van der Waals surface area contributed by atoms with Crippen molar-refractivity contribution in [1.82, 2.24) is 14.9 Å². The zero-order valence-electron chi connectivity index (χ0n) is 11.3. The van der Waals surface area contributed by atoms with Gasteiger partial charge >= 0.3 is 0 Å². The van der Waals surface area contributed by atoms with Gasteiger partial charge in [0.2, 0.25) is 5.91 Å². The van der Waals surface area contributed by atoms with Crippen molar-refractivity contribution in [3.8, 4) is 0 Å². The van der Waals surface area contributed by atoms with E-state index in [1.807, 2.05) is 24.8 Å². The maximum atomic E-state index is 11.4. The molecule has 5 nitrogen and oxygen atoms in total. The molecule has 2 heterocycles. The summed E-state index contributed by atoms with van der Waals surface area (Å²) in [5.74, 6) is 1.94. The largest absolute Gasteiger partial charge is 0.355 e. The van der Waals surface area contributed by atoms with E-state index in [0.717, 1.165) is 49.9 Å². The highest BCUT2D eigenvalue weighted by molar-refractivity contribution is 5.73. The maximum absolute atomic E-state index is 11.4. The summed E-state index contributed by atoms with van der Waals surface area (Å²) in [6.45, 7) is 8.93. The molecule has 2 rings (SSSR count). The predicted molar refractivity (Wildman–Crippen MR) is 70.6 cm³/mol. The minimum Gasteiger partial charge on any atom is -0.355 e. The van der Waals surface area contributed by atoms with Gasteiger partial charge in [-0.25, -0.2) is 9.97 Å². The lowest BCUT2D eigenvalue weighted by atomic mass is 10.3. The Kier molecular flexibility index (Phi) is 3.79. The molecule has 0 aromatic carbocycles. The van der Waals surface area contributed by atoms with Crippen molar-refractivity contribution in [3.05, 3.63) is 17.6 Å². The Morgan fingerprint density at radius 1 is 1.17 bits per heavy atom. The first kappa shape index (κ1) is 12.8. The number of nitrogens with zero attached hydrogens (tertiary/aromatic N) is 4. The van der Waals surface area contributed by atoms with Crippen molar-refractivity contribution >= 4 is 11.7 Å². The molecule has 18 heavy (non-hydrogen) atoms. The molecular formula is C13H20N4O. The smallest absolute Gasteiger partial charge is 0.219 e. The van der Waals surface area contributed by atoms with Gasteiger partial charge in [0.15, 0.2) is 0 Å². The monoisotopic (exact) mass is 248 g/mol. The molecule has 0 N–H and O–H groups in total. The van der Waals surface area contributed by atoms with Gasteiger partial charge in [0.1, 0.15) is 11.6 Å². The third-order valence-electron chi connectivity index (χ3n) is 3.22. The van der Waals surface area contributed by atoms with Crippen LogP contribution in [0.4, 0.5) is 5.82 Å². The van der Waals surface area contributed by atoms with Crippen molar-refractivity contribution in [2.24, 2.45) is 0 Å². The molecule has 1 saturated heterocycles. The van der Waals surface area contributed by atoms with Crippen LogP contribution < -0.4 is 4.90 Å². The Bertz CT molecular complexity index is 426. The number of aromatic nitrogens is 2. The number of hydrogen-bond donors (Lipinski definition) is 0. The van der Waals surface area contributed by atoms with E-state index >= 15 is 0 Å². The van der Waals surface area contributed by atoms with Crippen LogP contribution in [0, 0.1) is 13.8 Å². The Morgan fingerprint density at radius 2 is 1.94 bits per heavy atom. The van der Waals surface area contributed by atoms with Crippen LogP contribution in [-0.4, -0.2) is 47.0 Å². The average Bonchev–Trinajstić information content (AvgIpc) is 2.52. The molecule has 1 aromatic heterocycles. The molecule has 1 fully saturated rings. The second kappa shape index (κ2) is 5.33. The summed E-state index contributed by atoms with van der Waals surface area (Å²) in [5, 5.41) is 0. The van der Waals surface area contributed by atoms with Crippen molar-refractivity contribution < 1.29 is 4.79 Å². The van der Waals surface area contributed by atoms with Gasteiger partial charge in [-0.2, -0.15) is 0 Å². The number of amides is 1. The molecule has 0 atom stereocenters. The van der Waals surface area contributed by atoms with Gasteiger partial charge in [-0.3, -0.25) is 4.79 Å². The number of carbonyl (C=O) groups is 1. The highest BCUT2D eigenvalue weighted by atomic mass is 16.2. The van der Waals surface area contributed by atoms with Crippen LogP contribution in [0.2, 0.25) is 0 Å². The molecule has 0 spiro atoms. The average molecular weight is 248 g/mol. The standard InChI is InChI=1S/C13H20N4O/c1-10-9-13(15-11(2)14-10)17-6-4-5-16(7-8-17)12(3)18/h9H,4-8H2,1-3H3. The second-order valence-corrected chi connectivity index (χ2v) is 4.76. The van der Waals surface area contributed by atoms with Crippen molar-refractivity contribution in [2.75, 3.05) is 31.1 Å². The second-order valence-electron chi connectivity index (χ2n) is 4.76. The molecule has 5 heteroatoms.